The van der Waals surface area contributed by atoms with Crippen LogP contribution in [-0.2, 0) is 4.79 Å². The molecule has 2 aromatic carbocycles. The first-order chi connectivity index (χ1) is 14.7. The molecule has 0 radical (unpaired) electrons. The largest absolute Gasteiger partial charge is 0.486 e. The van der Waals surface area contributed by atoms with E-state index in [1.54, 1.807) is 4.90 Å². The first-order valence-electron chi connectivity index (χ1n) is 9.32. The van der Waals surface area contributed by atoms with E-state index in [2.05, 4.69) is 10.2 Å². The highest BCUT2D eigenvalue weighted by atomic mass is 32.2. The molecule has 1 amide bonds. The van der Waals surface area contributed by atoms with Crippen molar-refractivity contribution in [2.24, 2.45) is 0 Å². The molecule has 2 heterocycles. The van der Waals surface area contributed by atoms with E-state index >= 15 is 0 Å². The number of thioether (sulfide) groups is 1. The van der Waals surface area contributed by atoms with Crippen molar-refractivity contribution in [2.45, 2.75) is 4.34 Å². The number of ether oxygens (including phenoxy) is 2. The molecule has 1 aliphatic rings. The van der Waals surface area contributed by atoms with Gasteiger partial charge in [0, 0.05) is 18.3 Å². The predicted molar refractivity (Wildman–Crippen MR) is 120 cm³/mol. The van der Waals surface area contributed by atoms with Crippen LogP contribution in [0.5, 0.6) is 11.5 Å². The number of carbonyl (C=O) groups excluding carboxylic acids is 1. The van der Waals surface area contributed by atoms with Gasteiger partial charge in [0.25, 0.3) is 0 Å². The molecule has 9 heteroatoms. The Balaban J connectivity index is 1.52. The number of hydrogen-bond donors (Lipinski definition) is 1. The Hall–Kier alpha value is -3.04. The Kier molecular flexibility index (Phi) is 6.50. The molecule has 0 atom stereocenters. The number of nitrogens with two attached hydrogens (primary N) is 1. The van der Waals surface area contributed by atoms with Crippen LogP contribution in [0.3, 0.4) is 0 Å². The highest BCUT2D eigenvalue weighted by Gasteiger charge is 2.19. The van der Waals surface area contributed by atoms with Gasteiger partial charge in [-0.25, -0.2) is 0 Å². The SMILES string of the molecule is Nc1nnc(SCC(=O)N(C/C=C/c2ccccc2)c2ccc3c(c2)OCCO3)s1. The normalized spacial score (nSPS) is 12.8. The molecular weight excluding hydrogens is 420 g/mol. The van der Waals surface area contributed by atoms with Gasteiger partial charge in [0.15, 0.2) is 15.8 Å². The Labute approximate surface area is 182 Å². The molecule has 0 aliphatic carbocycles. The molecule has 7 nitrogen and oxygen atoms in total. The standard InChI is InChI=1S/C21H20N4O3S2/c22-20-23-24-21(30-20)29-14-19(26)25(10-4-7-15-5-2-1-3-6-15)16-8-9-17-18(13-16)28-12-11-27-17/h1-9,13H,10-12,14H2,(H2,22,23)/b7-4+. The van der Waals surface area contributed by atoms with Crippen molar-refractivity contribution < 1.29 is 14.3 Å². The third kappa shape index (κ3) is 5.11. The number of hydrogen-bond acceptors (Lipinski definition) is 8. The van der Waals surface area contributed by atoms with Crippen molar-refractivity contribution in [1.29, 1.82) is 0 Å². The van der Waals surface area contributed by atoms with Crippen LogP contribution in [0.2, 0.25) is 0 Å². The van der Waals surface area contributed by atoms with Crippen molar-refractivity contribution in [3.8, 4) is 11.5 Å². The molecule has 0 bridgehead atoms. The van der Waals surface area contributed by atoms with Gasteiger partial charge in [-0.05, 0) is 17.7 Å². The lowest BCUT2D eigenvalue weighted by Gasteiger charge is -2.24. The van der Waals surface area contributed by atoms with Gasteiger partial charge < -0.3 is 20.1 Å². The summed E-state index contributed by atoms with van der Waals surface area (Å²) in [6.07, 6.45) is 3.97. The van der Waals surface area contributed by atoms with Crippen molar-refractivity contribution in [1.82, 2.24) is 10.2 Å². The number of amides is 1. The monoisotopic (exact) mass is 440 g/mol. The molecule has 3 aromatic rings. The minimum absolute atomic E-state index is 0.0526. The van der Waals surface area contributed by atoms with Crippen molar-refractivity contribution >= 4 is 45.9 Å². The lowest BCUT2D eigenvalue weighted by Crippen LogP contribution is -2.32. The molecule has 154 valence electrons. The van der Waals surface area contributed by atoms with Crippen LogP contribution >= 0.6 is 23.1 Å². The molecule has 0 fully saturated rings. The molecule has 2 N–H and O–H groups in total. The van der Waals surface area contributed by atoms with E-state index in [4.69, 9.17) is 15.2 Å². The summed E-state index contributed by atoms with van der Waals surface area (Å²) in [6.45, 7) is 1.44. The molecule has 0 spiro atoms. The van der Waals surface area contributed by atoms with Gasteiger partial charge in [-0.15, -0.1) is 10.2 Å². The summed E-state index contributed by atoms with van der Waals surface area (Å²) in [5, 5.41) is 8.14. The second-order valence-corrected chi connectivity index (χ2v) is 8.57. The fourth-order valence-electron chi connectivity index (χ4n) is 2.89. The molecule has 0 unspecified atom stereocenters. The summed E-state index contributed by atoms with van der Waals surface area (Å²) in [7, 11) is 0. The van der Waals surface area contributed by atoms with Gasteiger partial charge in [0.2, 0.25) is 11.0 Å². The highest BCUT2D eigenvalue weighted by molar-refractivity contribution is 8.01. The van der Waals surface area contributed by atoms with Crippen LogP contribution in [0.25, 0.3) is 6.08 Å². The number of benzene rings is 2. The Bertz CT molecular complexity index is 1040. The summed E-state index contributed by atoms with van der Waals surface area (Å²) in [5.41, 5.74) is 7.45. The molecule has 30 heavy (non-hydrogen) atoms. The van der Waals surface area contributed by atoms with E-state index in [9.17, 15) is 4.79 Å². The lowest BCUT2D eigenvalue weighted by atomic mass is 10.2. The highest BCUT2D eigenvalue weighted by Crippen LogP contribution is 2.34. The van der Waals surface area contributed by atoms with E-state index in [1.807, 2.05) is 60.7 Å². The summed E-state index contributed by atoms with van der Waals surface area (Å²) in [4.78, 5) is 14.8. The first-order valence-corrected chi connectivity index (χ1v) is 11.1. The van der Waals surface area contributed by atoms with Gasteiger partial charge >= 0.3 is 0 Å². The smallest absolute Gasteiger partial charge is 0.237 e. The van der Waals surface area contributed by atoms with Gasteiger partial charge in [-0.2, -0.15) is 0 Å². The topological polar surface area (TPSA) is 90.6 Å². The third-order valence-electron chi connectivity index (χ3n) is 4.28. The van der Waals surface area contributed by atoms with E-state index in [0.717, 1.165) is 11.3 Å². The second kappa shape index (κ2) is 9.64. The lowest BCUT2D eigenvalue weighted by molar-refractivity contribution is -0.116. The summed E-state index contributed by atoms with van der Waals surface area (Å²) in [6, 6.07) is 15.5. The summed E-state index contributed by atoms with van der Waals surface area (Å²) >= 11 is 2.59. The fourth-order valence-corrected chi connectivity index (χ4v) is 4.40. The maximum Gasteiger partial charge on any atom is 0.237 e. The zero-order valence-corrected chi connectivity index (χ0v) is 17.7. The Morgan fingerprint density at radius 1 is 1.13 bits per heavy atom. The van der Waals surface area contributed by atoms with E-state index < -0.39 is 0 Å². The van der Waals surface area contributed by atoms with Crippen molar-refractivity contribution in [3.63, 3.8) is 0 Å². The molecule has 4 rings (SSSR count). The molecular formula is C21H20N4O3S2. The first kappa shape index (κ1) is 20.2. The predicted octanol–water partition coefficient (Wildman–Crippen LogP) is 3.73. The third-order valence-corrected chi connectivity index (χ3v) is 6.15. The summed E-state index contributed by atoms with van der Waals surface area (Å²) < 4.78 is 11.9. The van der Waals surface area contributed by atoms with E-state index in [-0.39, 0.29) is 11.7 Å². The number of nitrogen functional groups attached to an aromatic ring is 1. The quantitative estimate of drug-likeness (QED) is 0.560. The van der Waals surface area contributed by atoms with Crippen LogP contribution in [-0.4, -0.2) is 41.6 Å². The minimum atomic E-state index is -0.0526. The second-order valence-electron chi connectivity index (χ2n) is 6.34. The average molecular weight is 441 g/mol. The van der Waals surface area contributed by atoms with Crippen LogP contribution in [0.15, 0.2) is 58.9 Å². The number of nitrogens with zero attached hydrogens (tertiary/aromatic N) is 3. The Morgan fingerprint density at radius 2 is 1.93 bits per heavy atom. The van der Waals surface area contributed by atoms with Crippen LogP contribution in [0.4, 0.5) is 10.8 Å². The van der Waals surface area contributed by atoms with Gasteiger partial charge in [-0.1, -0.05) is 65.6 Å². The van der Waals surface area contributed by atoms with Gasteiger partial charge in [0.05, 0.1) is 5.75 Å². The minimum Gasteiger partial charge on any atom is -0.486 e. The van der Waals surface area contributed by atoms with Gasteiger partial charge in [-0.3, -0.25) is 4.79 Å². The number of carbonyl (C=O) groups is 1. The zero-order chi connectivity index (χ0) is 20.8. The fraction of sp³-hybridized carbons (Fsp3) is 0.190. The molecule has 0 saturated carbocycles. The number of anilines is 2. The van der Waals surface area contributed by atoms with E-state index in [0.29, 0.717) is 40.7 Å². The Morgan fingerprint density at radius 3 is 2.70 bits per heavy atom. The number of fused-ring (bicyclic) bond motifs is 1. The zero-order valence-electron chi connectivity index (χ0n) is 16.1. The number of rotatable bonds is 7. The van der Waals surface area contributed by atoms with Gasteiger partial charge in [0.1, 0.15) is 13.2 Å². The van der Waals surface area contributed by atoms with Crippen molar-refractivity contribution in [2.75, 3.05) is 36.1 Å². The maximum atomic E-state index is 13.1. The van der Waals surface area contributed by atoms with Crippen LogP contribution < -0.4 is 20.1 Å². The molecule has 1 aromatic heterocycles. The van der Waals surface area contributed by atoms with Crippen molar-refractivity contribution in [3.05, 3.63) is 60.2 Å². The van der Waals surface area contributed by atoms with Crippen LogP contribution in [0.1, 0.15) is 5.56 Å². The average Bonchev–Trinajstić information content (AvgIpc) is 3.20. The molecule has 1 aliphatic heterocycles. The number of aromatic nitrogens is 2. The molecule has 0 saturated heterocycles. The van der Waals surface area contributed by atoms with E-state index in [1.165, 1.54) is 23.1 Å². The maximum absolute atomic E-state index is 13.1. The van der Waals surface area contributed by atoms with Crippen LogP contribution in [0, 0.1) is 0 Å². The summed E-state index contributed by atoms with van der Waals surface area (Å²) in [5.74, 6) is 1.51.